The van der Waals surface area contributed by atoms with Crippen molar-refractivity contribution in [3.63, 3.8) is 0 Å². The predicted octanol–water partition coefficient (Wildman–Crippen LogP) is 4.48. The Balaban J connectivity index is 2.84. The smallest absolute Gasteiger partial charge is 0.0131 e. The molecule has 0 saturated carbocycles. The Hall–Kier alpha value is -0.520. The van der Waals surface area contributed by atoms with Crippen LogP contribution in [0.4, 0.5) is 0 Å². The maximum absolute atomic E-state index is 2.38. The van der Waals surface area contributed by atoms with Gasteiger partial charge in [-0.05, 0) is 44.9 Å². The van der Waals surface area contributed by atoms with E-state index in [4.69, 9.17) is 0 Å². The Kier molecular flexibility index (Phi) is 3.35. The standard InChI is InChI=1S/C13H22/c1-5-6-9-12-11(2)8-7-10-13(12,3)4/h5-6H,7-10H2,1-4H3. The normalized spacial score (nSPS) is 22.8. The minimum Gasteiger partial charge on any atom is -0.0913 e. The van der Waals surface area contributed by atoms with Crippen molar-refractivity contribution < 1.29 is 0 Å². The van der Waals surface area contributed by atoms with Gasteiger partial charge in [-0.2, -0.15) is 0 Å². The zero-order chi connectivity index (χ0) is 9.90. The van der Waals surface area contributed by atoms with E-state index in [0.29, 0.717) is 5.41 Å². The molecule has 0 fully saturated rings. The third-order valence-electron chi connectivity index (χ3n) is 3.24. The molecule has 1 rings (SSSR count). The lowest BCUT2D eigenvalue weighted by atomic mass is 9.71. The van der Waals surface area contributed by atoms with Gasteiger partial charge in [0.05, 0.1) is 0 Å². The quantitative estimate of drug-likeness (QED) is 0.547. The summed E-state index contributed by atoms with van der Waals surface area (Å²) in [6.07, 6.45) is 9.65. The van der Waals surface area contributed by atoms with Gasteiger partial charge in [0.15, 0.2) is 0 Å². The largest absolute Gasteiger partial charge is 0.0913 e. The fraction of sp³-hybridized carbons (Fsp3) is 0.692. The van der Waals surface area contributed by atoms with Gasteiger partial charge in [-0.15, -0.1) is 0 Å². The summed E-state index contributed by atoms with van der Waals surface area (Å²) >= 11 is 0. The van der Waals surface area contributed by atoms with Gasteiger partial charge in [-0.25, -0.2) is 0 Å². The van der Waals surface area contributed by atoms with Crippen LogP contribution in [-0.4, -0.2) is 0 Å². The second kappa shape index (κ2) is 4.13. The highest BCUT2D eigenvalue weighted by Crippen LogP contribution is 2.41. The molecular formula is C13H22. The van der Waals surface area contributed by atoms with Crippen LogP contribution >= 0.6 is 0 Å². The first-order valence-corrected chi connectivity index (χ1v) is 5.38. The van der Waals surface area contributed by atoms with Crippen molar-refractivity contribution in [2.45, 2.75) is 53.4 Å². The van der Waals surface area contributed by atoms with Crippen LogP contribution in [0.2, 0.25) is 0 Å². The first-order chi connectivity index (χ1) is 6.08. The lowest BCUT2D eigenvalue weighted by molar-refractivity contribution is 0.361. The highest BCUT2D eigenvalue weighted by atomic mass is 14.3. The molecule has 0 amide bonds. The first kappa shape index (κ1) is 10.6. The van der Waals surface area contributed by atoms with Gasteiger partial charge >= 0.3 is 0 Å². The van der Waals surface area contributed by atoms with Crippen molar-refractivity contribution >= 4 is 0 Å². The summed E-state index contributed by atoms with van der Waals surface area (Å²) in [5.74, 6) is 0. The van der Waals surface area contributed by atoms with E-state index < -0.39 is 0 Å². The minimum atomic E-state index is 0.446. The maximum Gasteiger partial charge on any atom is -0.0131 e. The van der Waals surface area contributed by atoms with Gasteiger partial charge in [0, 0.05) is 0 Å². The van der Waals surface area contributed by atoms with Crippen molar-refractivity contribution in [1.82, 2.24) is 0 Å². The Morgan fingerprint density at radius 2 is 2.08 bits per heavy atom. The van der Waals surface area contributed by atoms with Gasteiger partial charge in [0.1, 0.15) is 0 Å². The molecule has 0 spiro atoms. The number of allylic oxidation sites excluding steroid dienone is 4. The summed E-state index contributed by atoms with van der Waals surface area (Å²) in [5, 5.41) is 0. The van der Waals surface area contributed by atoms with Gasteiger partial charge in [-0.1, -0.05) is 37.1 Å². The number of rotatable bonds is 2. The van der Waals surface area contributed by atoms with Crippen LogP contribution in [0.1, 0.15) is 53.4 Å². The fourth-order valence-corrected chi connectivity index (χ4v) is 2.36. The van der Waals surface area contributed by atoms with Crippen LogP contribution < -0.4 is 0 Å². The molecule has 0 saturated heterocycles. The average Bonchev–Trinajstić information content (AvgIpc) is 2.02. The zero-order valence-electron chi connectivity index (χ0n) is 9.48. The summed E-state index contributed by atoms with van der Waals surface area (Å²) in [7, 11) is 0. The van der Waals surface area contributed by atoms with Gasteiger partial charge in [0.25, 0.3) is 0 Å². The molecule has 0 aliphatic heterocycles. The van der Waals surface area contributed by atoms with E-state index in [0.717, 1.165) is 6.42 Å². The maximum atomic E-state index is 2.38. The molecule has 0 nitrogen and oxygen atoms in total. The average molecular weight is 178 g/mol. The fourth-order valence-electron chi connectivity index (χ4n) is 2.36. The van der Waals surface area contributed by atoms with E-state index in [9.17, 15) is 0 Å². The van der Waals surface area contributed by atoms with E-state index in [1.54, 1.807) is 11.1 Å². The van der Waals surface area contributed by atoms with E-state index in [1.165, 1.54) is 19.3 Å². The zero-order valence-corrected chi connectivity index (χ0v) is 9.48. The third kappa shape index (κ3) is 2.46. The topological polar surface area (TPSA) is 0 Å². The van der Waals surface area contributed by atoms with Crippen LogP contribution in [0.3, 0.4) is 0 Å². The second-order valence-corrected chi connectivity index (χ2v) is 4.77. The van der Waals surface area contributed by atoms with E-state index in [1.807, 2.05) is 0 Å². The van der Waals surface area contributed by atoms with Crippen LogP contribution in [0.5, 0.6) is 0 Å². The molecule has 0 heterocycles. The molecule has 0 unspecified atom stereocenters. The molecular weight excluding hydrogens is 156 g/mol. The molecule has 13 heavy (non-hydrogen) atoms. The Labute approximate surface area is 82.7 Å². The van der Waals surface area contributed by atoms with Gasteiger partial charge < -0.3 is 0 Å². The van der Waals surface area contributed by atoms with Crippen LogP contribution in [-0.2, 0) is 0 Å². The highest BCUT2D eigenvalue weighted by Gasteiger charge is 2.26. The Morgan fingerprint density at radius 3 is 2.62 bits per heavy atom. The molecule has 0 aromatic carbocycles. The van der Waals surface area contributed by atoms with Gasteiger partial charge in [-0.3, -0.25) is 0 Å². The minimum absolute atomic E-state index is 0.446. The second-order valence-electron chi connectivity index (χ2n) is 4.77. The van der Waals surface area contributed by atoms with Crippen LogP contribution in [0, 0.1) is 5.41 Å². The number of hydrogen-bond acceptors (Lipinski definition) is 0. The highest BCUT2D eigenvalue weighted by molar-refractivity contribution is 5.24. The molecule has 1 aliphatic carbocycles. The summed E-state index contributed by atoms with van der Waals surface area (Å²) < 4.78 is 0. The summed E-state index contributed by atoms with van der Waals surface area (Å²) in [5.41, 5.74) is 3.76. The van der Waals surface area contributed by atoms with Crippen molar-refractivity contribution in [3.05, 3.63) is 23.3 Å². The lowest BCUT2D eigenvalue weighted by Crippen LogP contribution is -2.19. The van der Waals surface area contributed by atoms with Crippen molar-refractivity contribution in [3.8, 4) is 0 Å². The first-order valence-electron chi connectivity index (χ1n) is 5.38. The molecule has 0 N–H and O–H groups in total. The summed E-state index contributed by atoms with van der Waals surface area (Å²) in [6.45, 7) is 9.18. The van der Waals surface area contributed by atoms with Gasteiger partial charge in [0.2, 0.25) is 0 Å². The van der Waals surface area contributed by atoms with Crippen molar-refractivity contribution in [1.29, 1.82) is 0 Å². The molecule has 0 aromatic rings. The molecule has 0 atom stereocenters. The SMILES string of the molecule is CC=CCC1=C(C)CCCC1(C)C. The van der Waals surface area contributed by atoms with Crippen LogP contribution in [0.15, 0.2) is 23.3 Å². The molecule has 74 valence electrons. The van der Waals surface area contributed by atoms with Crippen LogP contribution in [0.25, 0.3) is 0 Å². The Morgan fingerprint density at radius 1 is 1.38 bits per heavy atom. The van der Waals surface area contributed by atoms with E-state index >= 15 is 0 Å². The molecule has 0 bridgehead atoms. The van der Waals surface area contributed by atoms with E-state index in [2.05, 4.69) is 39.8 Å². The summed E-state index contributed by atoms with van der Waals surface area (Å²) in [4.78, 5) is 0. The third-order valence-corrected chi connectivity index (χ3v) is 3.24. The molecule has 0 radical (unpaired) electrons. The molecule has 1 aliphatic rings. The molecule has 0 aromatic heterocycles. The Bertz CT molecular complexity index is 228. The predicted molar refractivity (Wildman–Crippen MR) is 59.8 cm³/mol. The number of hydrogen-bond donors (Lipinski definition) is 0. The molecule has 0 heteroatoms. The van der Waals surface area contributed by atoms with E-state index in [-0.39, 0.29) is 0 Å². The monoisotopic (exact) mass is 178 g/mol. The van der Waals surface area contributed by atoms with Crippen molar-refractivity contribution in [2.24, 2.45) is 5.41 Å². The summed E-state index contributed by atoms with van der Waals surface area (Å²) in [6, 6.07) is 0. The van der Waals surface area contributed by atoms with Crippen molar-refractivity contribution in [2.75, 3.05) is 0 Å². The lowest BCUT2D eigenvalue weighted by Gasteiger charge is -2.34.